The van der Waals surface area contributed by atoms with Crippen molar-refractivity contribution in [3.63, 3.8) is 0 Å². The Balaban J connectivity index is 1.93. The molecule has 8 heteroatoms. The van der Waals surface area contributed by atoms with E-state index in [1.807, 2.05) is 30.3 Å². The van der Waals surface area contributed by atoms with E-state index in [1.54, 1.807) is 42.5 Å². The zero-order valence-electron chi connectivity index (χ0n) is 17.9. The van der Waals surface area contributed by atoms with Gasteiger partial charge in [-0.05, 0) is 29.8 Å². The highest BCUT2D eigenvalue weighted by Crippen LogP contribution is 2.28. The third-order valence-electron chi connectivity index (χ3n) is 5.10. The molecule has 0 aliphatic carbocycles. The van der Waals surface area contributed by atoms with Gasteiger partial charge in [-0.25, -0.2) is 0 Å². The molecule has 2 amide bonds. The fourth-order valence-corrected chi connectivity index (χ4v) is 4.07. The van der Waals surface area contributed by atoms with Crippen LogP contribution in [0.3, 0.4) is 0 Å². The number of nitrogens with one attached hydrogen (secondary N) is 1. The number of nitrogens with zero attached hydrogens (tertiary/aromatic N) is 1. The summed E-state index contributed by atoms with van der Waals surface area (Å²) in [6.07, 6.45) is 0.306. The summed E-state index contributed by atoms with van der Waals surface area (Å²) in [5, 5.41) is 3.86. The lowest BCUT2D eigenvalue weighted by Gasteiger charge is -2.31. The molecule has 3 aromatic rings. The van der Waals surface area contributed by atoms with Crippen LogP contribution in [0.4, 0.5) is 0 Å². The van der Waals surface area contributed by atoms with Gasteiger partial charge in [0.05, 0.1) is 5.02 Å². The molecule has 0 radical (unpaired) electrons. The van der Waals surface area contributed by atoms with Gasteiger partial charge in [0.1, 0.15) is 11.8 Å². The van der Waals surface area contributed by atoms with Crippen LogP contribution in [-0.4, -0.2) is 36.4 Å². The number of carbonyl (C=O) groups is 2. The summed E-state index contributed by atoms with van der Waals surface area (Å²) < 4.78 is 5.67. The number of amides is 2. The molecule has 33 heavy (non-hydrogen) atoms. The number of carbonyl (C=O) groups excluding carboxylic acids is 2. The fraction of sp³-hybridized carbons (Fsp3) is 0.200. The van der Waals surface area contributed by atoms with E-state index in [0.717, 1.165) is 5.56 Å². The molecule has 1 N–H and O–H groups in total. The molecule has 0 aliphatic rings. The second kappa shape index (κ2) is 11.9. The van der Waals surface area contributed by atoms with Gasteiger partial charge in [-0.1, -0.05) is 83.3 Å². The third kappa shape index (κ3) is 6.64. The molecule has 0 fully saturated rings. The maximum Gasteiger partial charge on any atom is 0.261 e. The average molecular weight is 506 g/mol. The molecule has 0 saturated carbocycles. The standard InChI is InChI=1S/C25H23Cl3N2O3/c1-29-25(32)22(14-17-8-3-2-4-9-17)30(15-18-19(26)11-7-12-20(18)27)24(31)16-33-23-13-6-5-10-21(23)28/h2-13,22H,14-16H2,1H3,(H,29,32)/t22-/m1/s1. The van der Waals surface area contributed by atoms with Gasteiger partial charge in [0.2, 0.25) is 5.91 Å². The van der Waals surface area contributed by atoms with E-state index in [4.69, 9.17) is 39.5 Å². The Kier molecular flexibility index (Phi) is 9.01. The number of ether oxygens (including phenoxy) is 1. The predicted molar refractivity (Wildman–Crippen MR) is 132 cm³/mol. The fourth-order valence-electron chi connectivity index (χ4n) is 3.36. The minimum absolute atomic E-state index is 0.0359. The first kappa shape index (κ1) is 24.9. The van der Waals surface area contributed by atoms with Crippen LogP contribution in [0.15, 0.2) is 72.8 Å². The first-order chi connectivity index (χ1) is 15.9. The minimum atomic E-state index is -0.813. The van der Waals surface area contributed by atoms with E-state index in [-0.39, 0.29) is 19.1 Å². The zero-order valence-corrected chi connectivity index (χ0v) is 20.2. The Bertz CT molecular complexity index is 1090. The summed E-state index contributed by atoms with van der Waals surface area (Å²) in [6, 6.07) is 20.6. The molecule has 0 saturated heterocycles. The molecular formula is C25H23Cl3N2O3. The molecule has 0 spiro atoms. The molecule has 5 nitrogen and oxygen atoms in total. The number of likely N-dealkylation sites (N-methyl/N-ethyl adjacent to an activating group) is 1. The van der Waals surface area contributed by atoms with Gasteiger partial charge in [0.25, 0.3) is 5.91 Å². The van der Waals surface area contributed by atoms with Gasteiger partial charge in [-0.3, -0.25) is 9.59 Å². The molecule has 0 aromatic heterocycles. The van der Waals surface area contributed by atoms with Gasteiger partial charge in [-0.2, -0.15) is 0 Å². The lowest BCUT2D eigenvalue weighted by molar-refractivity contribution is -0.142. The monoisotopic (exact) mass is 504 g/mol. The maximum atomic E-state index is 13.4. The number of hydrogen-bond acceptors (Lipinski definition) is 3. The zero-order chi connectivity index (χ0) is 23.8. The van der Waals surface area contributed by atoms with Crippen molar-refractivity contribution in [2.75, 3.05) is 13.7 Å². The van der Waals surface area contributed by atoms with Gasteiger partial charge < -0.3 is 15.0 Å². The molecule has 1 atom stereocenters. The molecule has 172 valence electrons. The van der Waals surface area contributed by atoms with Crippen molar-refractivity contribution < 1.29 is 14.3 Å². The van der Waals surface area contributed by atoms with Crippen LogP contribution in [0.5, 0.6) is 5.75 Å². The van der Waals surface area contributed by atoms with Crippen molar-refractivity contribution in [3.8, 4) is 5.75 Å². The maximum absolute atomic E-state index is 13.4. The Hall–Kier alpha value is -2.73. The molecule has 0 aliphatic heterocycles. The number of hydrogen-bond donors (Lipinski definition) is 1. The Labute approximate surface area is 208 Å². The van der Waals surface area contributed by atoms with E-state index < -0.39 is 11.9 Å². The predicted octanol–water partition coefficient (Wildman–Crippen LogP) is 5.41. The van der Waals surface area contributed by atoms with E-state index in [9.17, 15) is 9.59 Å². The quantitative estimate of drug-likeness (QED) is 0.423. The topological polar surface area (TPSA) is 58.6 Å². The SMILES string of the molecule is CNC(=O)[C@@H](Cc1ccccc1)N(Cc1c(Cl)cccc1Cl)C(=O)COc1ccccc1Cl. The van der Waals surface area contributed by atoms with Crippen LogP contribution in [0, 0.1) is 0 Å². The van der Waals surface area contributed by atoms with Crippen LogP contribution >= 0.6 is 34.8 Å². The van der Waals surface area contributed by atoms with Crippen LogP contribution in [0.2, 0.25) is 15.1 Å². The van der Waals surface area contributed by atoms with E-state index >= 15 is 0 Å². The van der Waals surface area contributed by atoms with Gasteiger partial charge in [-0.15, -0.1) is 0 Å². The highest BCUT2D eigenvalue weighted by Gasteiger charge is 2.31. The molecular weight excluding hydrogens is 483 g/mol. The molecule has 0 unspecified atom stereocenters. The Morgan fingerprint density at radius 3 is 2.12 bits per heavy atom. The molecule has 3 aromatic carbocycles. The summed E-state index contributed by atoms with van der Waals surface area (Å²) in [5.41, 5.74) is 1.45. The van der Waals surface area contributed by atoms with Gasteiger partial charge >= 0.3 is 0 Å². The van der Waals surface area contributed by atoms with Crippen LogP contribution in [0.25, 0.3) is 0 Å². The third-order valence-corrected chi connectivity index (χ3v) is 6.12. The normalized spacial score (nSPS) is 11.5. The second-order valence-electron chi connectivity index (χ2n) is 7.26. The highest BCUT2D eigenvalue weighted by molar-refractivity contribution is 6.36. The van der Waals surface area contributed by atoms with Crippen molar-refractivity contribution in [1.82, 2.24) is 10.2 Å². The van der Waals surface area contributed by atoms with Crippen molar-refractivity contribution >= 4 is 46.6 Å². The smallest absolute Gasteiger partial charge is 0.261 e. The molecule has 0 bridgehead atoms. The van der Waals surface area contributed by atoms with Crippen LogP contribution in [0.1, 0.15) is 11.1 Å². The second-order valence-corrected chi connectivity index (χ2v) is 8.48. The lowest BCUT2D eigenvalue weighted by atomic mass is 10.0. The van der Waals surface area contributed by atoms with Gasteiger partial charge in [0.15, 0.2) is 6.61 Å². The molecule has 0 heterocycles. The first-order valence-electron chi connectivity index (χ1n) is 10.3. The summed E-state index contributed by atoms with van der Waals surface area (Å²) in [5.74, 6) is -0.341. The van der Waals surface area contributed by atoms with E-state index in [2.05, 4.69) is 5.32 Å². The highest BCUT2D eigenvalue weighted by atomic mass is 35.5. The summed E-state index contributed by atoms with van der Waals surface area (Å²) in [7, 11) is 1.53. The summed E-state index contributed by atoms with van der Waals surface area (Å²) in [4.78, 5) is 27.8. The van der Waals surface area contributed by atoms with Crippen molar-refractivity contribution in [2.45, 2.75) is 19.0 Å². The first-order valence-corrected chi connectivity index (χ1v) is 11.4. The van der Waals surface area contributed by atoms with Crippen molar-refractivity contribution in [2.24, 2.45) is 0 Å². The van der Waals surface area contributed by atoms with E-state index in [1.165, 1.54) is 11.9 Å². The van der Waals surface area contributed by atoms with Crippen molar-refractivity contribution in [1.29, 1.82) is 0 Å². The molecule has 3 rings (SSSR count). The average Bonchev–Trinajstić information content (AvgIpc) is 2.82. The number of para-hydroxylation sites is 1. The number of rotatable bonds is 9. The lowest BCUT2D eigenvalue weighted by Crippen LogP contribution is -2.51. The number of halogens is 3. The van der Waals surface area contributed by atoms with Crippen molar-refractivity contribution in [3.05, 3.63) is 99.0 Å². The van der Waals surface area contributed by atoms with Gasteiger partial charge in [0, 0.05) is 35.6 Å². The summed E-state index contributed by atoms with van der Waals surface area (Å²) >= 11 is 18.9. The van der Waals surface area contributed by atoms with Crippen LogP contribution < -0.4 is 10.1 Å². The van der Waals surface area contributed by atoms with Crippen LogP contribution in [-0.2, 0) is 22.6 Å². The summed E-state index contributed by atoms with van der Waals surface area (Å²) in [6.45, 7) is -0.276. The minimum Gasteiger partial charge on any atom is -0.482 e. The van der Waals surface area contributed by atoms with E-state index in [0.29, 0.717) is 32.8 Å². The Morgan fingerprint density at radius 1 is 0.879 bits per heavy atom. The number of benzene rings is 3. The largest absolute Gasteiger partial charge is 0.482 e. The Morgan fingerprint density at radius 2 is 1.48 bits per heavy atom.